The van der Waals surface area contributed by atoms with Gasteiger partial charge in [0.2, 0.25) is 0 Å². The van der Waals surface area contributed by atoms with E-state index in [9.17, 15) is 18.8 Å². The molecule has 0 unspecified atom stereocenters. The molecule has 0 aromatic heterocycles. The first-order valence-corrected chi connectivity index (χ1v) is 11.8. The van der Waals surface area contributed by atoms with Gasteiger partial charge in [-0.3, -0.25) is 9.59 Å². The van der Waals surface area contributed by atoms with Crippen LogP contribution in [0.5, 0.6) is 17.2 Å². The van der Waals surface area contributed by atoms with Gasteiger partial charge in [-0.1, -0.05) is 24.8 Å². The quantitative estimate of drug-likeness (QED) is 0.101. The number of rotatable bonds is 13. The van der Waals surface area contributed by atoms with E-state index in [2.05, 4.69) is 24.5 Å². The van der Waals surface area contributed by atoms with Crippen LogP contribution in [-0.4, -0.2) is 52.3 Å². The minimum Gasteiger partial charge on any atom is -0.487 e. The normalized spacial score (nSPS) is 9.38. The standard InChI is InChI=1S/C22H23FO7.C4H6O.C4H8/c1-15(2)22(25)29-11-10-28-21-12-16(4-7-20(21)27-9-8-26-3)18-6-5-17(30-14-24)13-19(18)23;1-4(2)3-5;1-4(2)3/h4-7,12-14H,1,8-11H2,2-3H3;3H,1H2,2H3;1H2,2-3H3. The van der Waals surface area contributed by atoms with Gasteiger partial charge in [0, 0.05) is 24.3 Å². The van der Waals surface area contributed by atoms with Crippen LogP contribution in [0.2, 0.25) is 0 Å². The van der Waals surface area contributed by atoms with Crippen molar-refractivity contribution in [2.45, 2.75) is 27.7 Å². The number of hydrogen-bond donors (Lipinski definition) is 0. The van der Waals surface area contributed by atoms with Gasteiger partial charge < -0.3 is 23.7 Å². The van der Waals surface area contributed by atoms with Crippen LogP contribution in [0.15, 0.2) is 72.9 Å². The van der Waals surface area contributed by atoms with Gasteiger partial charge in [-0.05, 0) is 63.1 Å². The van der Waals surface area contributed by atoms with Crippen molar-refractivity contribution in [2.24, 2.45) is 0 Å². The Morgan fingerprint density at radius 3 is 1.97 bits per heavy atom. The van der Waals surface area contributed by atoms with Crippen LogP contribution in [0.25, 0.3) is 11.1 Å². The van der Waals surface area contributed by atoms with Crippen LogP contribution >= 0.6 is 0 Å². The van der Waals surface area contributed by atoms with E-state index in [1.165, 1.54) is 17.7 Å². The van der Waals surface area contributed by atoms with Crippen molar-refractivity contribution in [2.75, 3.05) is 33.5 Å². The summed E-state index contributed by atoms with van der Waals surface area (Å²) in [6.07, 6.45) is 0.722. The second-order valence-electron chi connectivity index (χ2n) is 8.29. The third-order valence-corrected chi connectivity index (χ3v) is 4.05. The zero-order valence-corrected chi connectivity index (χ0v) is 23.2. The number of allylic oxidation sites excluding steroid dienone is 2. The molecule has 0 fully saturated rings. The Kier molecular flexibility index (Phi) is 17.7. The maximum absolute atomic E-state index is 14.5. The topological polar surface area (TPSA) is 97.4 Å². The Bertz CT molecular complexity index is 1120. The maximum atomic E-state index is 14.5. The number of methoxy groups -OCH3 is 1. The molecule has 0 radical (unpaired) electrons. The van der Waals surface area contributed by atoms with Crippen LogP contribution < -0.4 is 14.2 Å². The molecule has 0 saturated carbocycles. The van der Waals surface area contributed by atoms with E-state index >= 15 is 0 Å². The molecule has 2 aromatic rings. The molecule has 0 N–H and O–H groups in total. The number of carbonyl (C=O) groups excluding carboxylic acids is 3. The van der Waals surface area contributed by atoms with Crippen LogP contribution in [-0.2, 0) is 23.9 Å². The van der Waals surface area contributed by atoms with E-state index < -0.39 is 11.8 Å². The molecule has 0 saturated heterocycles. The second kappa shape index (κ2) is 19.8. The van der Waals surface area contributed by atoms with Gasteiger partial charge in [0.05, 0.1) is 6.61 Å². The lowest BCUT2D eigenvalue weighted by atomic mass is 10.0. The lowest BCUT2D eigenvalue weighted by molar-refractivity contribution is -0.139. The van der Waals surface area contributed by atoms with Crippen molar-refractivity contribution in [3.8, 4) is 28.4 Å². The third-order valence-electron chi connectivity index (χ3n) is 4.05. The van der Waals surface area contributed by atoms with Gasteiger partial charge in [-0.15, -0.1) is 6.58 Å². The molecule has 2 rings (SSSR count). The number of esters is 1. The first kappa shape index (κ1) is 34.8. The fraction of sp³-hybridized carbons (Fsp3) is 0.300. The maximum Gasteiger partial charge on any atom is 0.333 e. The molecule has 2 aromatic carbocycles. The second-order valence-corrected chi connectivity index (χ2v) is 8.29. The first-order chi connectivity index (χ1) is 18.5. The molecule has 0 aliphatic carbocycles. The minimum atomic E-state index is -0.566. The molecule has 0 bridgehead atoms. The highest BCUT2D eigenvalue weighted by molar-refractivity contribution is 5.86. The molecule has 9 heteroatoms. The van der Waals surface area contributed by atoms with E-state index in [0.29, 0.717) is 35.8 Å². The van der Waals surface area contributed by atoms with Crippen molar-refractivity contribution in [1.82, 2.24) is 0 Å². The average Bonchev–Trinajstić information content (AvgIpc) is 2.87. The summed E-state index contributed by atoms with van der Waals surface area (Å²) in [5, 5.41) is 0. The van der Waals surface area contributed by atoms with E-state index in [4.69, 9.17) is 18.9 Å². The Hall–Kier alpha value is -4.24. The SMILES string of the molecule is C=C(C)C.C=C(C)C(=O)OCCOc1cc(-c2ccc(OC=O)cc2F)ccc1OCCOC.C=C(C)C=O. The zero-order valence-electron chi connectivity index (χ0n) is 23.2. The van der Waals surface area contributed by atoms with Gasteiger partial charge >= 0.3 is 5.97 Å². The Labute approximate surface area is 229 Å². The lowest BCUT2D eigenvalue weighted by Gasteiger charge is -2.15. The van der Waals surface area contributed by atoms with Crippen molar-refractivity contribution in [1.29, 1.82) is 0 Å². The number of ether oxygens (including phenoxy) is 5. The highest BCUT2D eigenvalue weighted by Crippen LogP contribution is 2.34. The average molecular weight is 545 g/mol. The molecule has 212 valence electrons. The third kappa shape index (κ3) is 15.6. The number of halogens is 1. The highest BCUT2D eigenvalue weighted by Gasteiger charge is 2.13. The van der Waals surface area contributed by atoms with Crippen LogP contribution in [0.1, 0.15) is 27.7 Å². The van der Waals surface area contributed by atoms with Crippen molar-refractivity contribution >= 4 is 18.7 Å². The van der Waals surface area contributed by atoms with Crippen molar-refractivity contribution in [3.05, 3.63) is 78.7 Å². The highest BCUT2D eigenvalue weighted by atomic mass is 19.1. The molecule has 39 heavy (non-hydrogen) atoms. The van der Waals surface area contributed by atoms with Crippen LogP contribution in [0.4, 0.5) is 4.39 Å². The zero-order chi connectivity index (χ0) is 29.8. The molecular formula is C30H37FO8. The summed E-state index contributed by atoms with van der Waals surface area (Å²) in [4.78, 5) is 31.3. The lowest BCUT2D eigenvalue weighted by Crippen LogP contribution is -2.13. The number of carbonyl (C=O) groups is 3. The Morgan fingerprint density at radius 2 is 1.46 bits per heavy atom. The summed E-state index contributed by atoms with van der Waals surface area (Å²) in [6.45, 7) is 18.5. The molecule has 0 heterocycles. The fourth-order valence-corrected chi connectivity index (χ4v) is 2.41. The van der Waals surface area contributed by atoms with Gasteiger partial charge in [-0.25, -0.2) is 9.18 Å². The number of aldehydes is 1. The Balaban J connectivity index is 0.00000139. The largest absolute Gasteiger partial charge is 0.487 e. The predicted octanol–water partition coefficient (Wildman–Crippen LogP) is 5.90. The summed E-state index contributed by atoms with van der Waals surface area (Å²) < 4.78 is 40.4. The monoisotopic (exact) mass is 544 g/mol. The summed E-state index contributed by atoms with van der Waals surface area (Å²) in [5.74, 6) is -0.195. The van der Waals surface area contributed by atoms with Crippen molar-refractivity contribution < 1.29 is 42.5 Å². The summed E-state index contributed by atoms with van der Waals surface area (Å²) in [5.41, 5.74) is 2.84. The molecular weight excluding hydrogens is 507 g/mol. The molecule has 0 aliphatic heterocycles. The van der Waals surface area contributed by atoms with Crippen LogP contribution in [0, 0.1) is 5.82 Å². The molecule has 0 aliphatic rings. The molecule has 0 spiro atoms. The molecule has 0 atom stereocenters. The number of hydrogen-bond acceptors (Lipinski definition) is 8. The van der Waals surface area contributed by atoms with E-state index in [1.54, 1.807) is 39.2 Å². The predicted molar refractivity (Wildman–Crippen MR) is 149 cm³/mol. The summed E-state index contributed by atoms with van der Waals surface area (Å²) >= 11 is 0. The van der Waals surface area contributed by atoms with Gasteiger partial charge in [0.1, 0.15) is 37.7 Å². The van der Waals surface area contributed by atoms with Crippen molar-refractivity contribution in [3.63, 3.8) is 0 Å². The number of benzene rings is 2. The van der Waals surface area contributed by atoms with Crippen LogP contribution in [0.3, 0.4) is 0 Å². The first-order valence-electron chi connectivity index (χ1n) is 11.8. The van der Waals surface area contributed by atoms with E-state index in [1.807, 2.05) is 13.8 Å². The molecule has 0 amide bonds. The smallest absolute Gasteiger partial charge is 0.333 e. The van der Waals surface area contributed by atoms with E-state index in [0.717, 1.165) is 12.4 Å². The summed E-state index contributed by atoms with van der Waals surface area (Å²) in [6, 6.07) is 9.02. The fourth-order valence-electron chi connectivity index (χ4n) is 2.41. The van der Waals surface area contributed by atoms with E-state index in [-0.39, 0.29) is 36.6 Å². The minimum absolute atomic E-state index is 0.0134. The Morgan fingerprint density at radius 1 is 0.872 bits per heavy atom. The van der Waals surface area contributed by atoms with Gasteiger partial charge in [0.25, 0.3) is 6.47 Å². The van der Waals surface area contributed by atoms with Gasteiger partial charge in [-0.2, -0.15) is 0 Å². The summed E-state index contributed by atoms with van der Waals surface area (Å²) in [7, 11) is 1.56. The van der Waals surface area contributed by atoms with Gasteiger partial charge in [0.15, 0.2) is 11.5 Å². The molecule has 8 nitrogen and oxygen atoms in total.